The number of rotatable bonds is 17. The van der Waals surface area contributed by atoms with Gasteiger partial charge in [-0.25, -0.2) is 0 Å². The Morgan fingerprint density at radius 3 is 1.65 bits per heavy atom. The van der Waals surface area contributed by atoms with Gasteiger partial charge in [-0.05, 0) is 27.1 Å². The van der Waals surface area contributed by atoms with Crippen LogP contribution in [0.25, 0.3) is 0 Å². The average Bonchev–Trinajstić information content (AvgIpc) is 2.94. The van der Waals surface area contributed by atoms with E-state index in [1.54, 1.807) is 0 Å². The third-order valence-electron chi connectivity index (χ3n) is 3.82. The molecule has 12 nitrogen and oxygen atoms in total. The molecule has 0 aliphatic heterocycles. The summed E-state index contributed by atoms with van der Waals surface area (Å²) < 4.78 is 0. The fraction of sp³-hybridized carbons (Fsp3) is 0.840. The van der Waals surface area contributed by atoms with Crippen molar-refractivity contribution in [2.45, 2.75) is 53.4 Å². The molecule has 0 aromatic carbocycles. The van der Waals surface area contributed by atoms with Gasteiger partial charge in [0.05, 0.1) is 0 Å². The summed E-state index contributed by atoms with van der Waals surface area (Å²) >= 11 is 0. The summed E-state index contributed by atoms with van der Waals surface area (Å²) in [6.07, 6.45) is 4.54. The highest BCUT2D eigenvalue weighted by Gasteiger charge is 2.09. The number of aldehydes is 2. The summed E-state index contributed by atoms with van der Waals surface area (Å²) in [7, 11) is 3.97. The van der Waals surface area contributed by atoms with Gasteiger partial charge >= 0.3 is 0 Å². The highest BCUT2D eigenvalue weighted by Crippen LogP contribution is 1.96. The predicted octanol–water partition coefficient (Wildman–Crippen LogP) is -0.811. The van der Waals surface area contributed by atoms with Gasteiger partial charge in [-0.3, -0.25) is 4.79 Å². The Kier molecular flexibility index (Phi) is 71.7. The van der Waals surface area contributed by atoms with Gasteiger partial charge < -0.3 is 57.8 Å². The lowest BCUT2D eigenvalue weighted by molar-refractivity contribution is -0.121. The maximum absolute atomic E-state index is 11.5. The van der Waals surface area contributed by atoms with Crippen molar-refractivity contribution in [1.29, 1.82) is 0 Å². The zero-order valence-corrected chi connectivity index (χ0v) is 24.8. The monoisotopic (exact) mass is 538 g/mol. The molecular weight excluding hydrogens is 476 g/mol. The number of likely N-dealkylation sites (N-methyl/N-ethyl adjacent to an activating group) is 2. The highest BCUT2D eigenvalue weighted by molar-refractivity contribution is 5.76. The normalized spacial score (nSPS) is 8.86. The fourth-order valence-electron chi connectivity index (χ4n) is 2.08. The largest absolute Gasteiger partial charge is 0.355 e. The van der Waals surface area contributed by atoms with E-state index in [9.17, 15) is 14.4 Å². The molecule has 0 saturated carbocycles. The molecule has 12 heteroatoms. The van der Waals surface area contributed by atoms with Crippen LogP contribution in [0.2, 0.25) is 0 Å². The zero-order chi connectivity index (χ0) is 30.2. The minimum absolute atomic E-state index is 0.0217. The van der Waals surface area contributed by atoms with Crippen molar-refractivity contribution in [3.63, 3.8) is 0 Å². The molecular formula is C25H62N8O4. The van der Waals surface area contributed by atoms with Crippen LogP contribution in [0.3, 0.4) is 0 Å². The van der Waals surface area contributed by atoms with Crippen LogP contribution in [0.5, 0.6) is 0 Å². The van der Waals surface area contributed by atoms with E-state index in [4.69, 9.17) is 27.7 Å². The molecule has 37 heavy (non-hydrogen) atoms. The van der Waals surface area contributed by atoms with Crippen LogP contribution in [0, 0.1) is 0 Å². The van der Waals surface area contributed by atoms with E-state index in [0.29, 0.717) is 58.5 Å². The molecule has 0 radical (unpaired) electrons. The number of nitrogens with one attached hydrogen (secondary N) is 2. The number of nitrogens with two attached hydrogens (primary N) is 4. The Balaban J connectivity index is -0.000000115. The van der Waals surface area contributed by atoms with Crippen molar-refractivity contribution < 1.29 is 19.2 Å². The van der Waals surface area contributed by atoms with Crippen LogP contribution >= 0.6 is 0 Å². The first-order chi connectivity index (χ1) is 17.9. The van der Waals surface area contributed by atoms with Crippen molar-refractivity contribution in [2.75, 3.05) is 86.1 Å². The molecule has 0 aliphatic rings. The van der Waals surface area contributed by atoms with Gasteiger partial charge in [-0.1, -0.05) is 27.7 Å². The second-order valence-corrected chi connectivity index (χ2v) is 7.03. The minimum atomic E-state index is 0.0217. The lowest BCUT2D eigenvalue weighted by Crippen LogP contribution is -2.37. The molecule has 0 bridgehead atoms. The molecule has 0 aromatic heterocycles. The molecule has 0 aromatic rings. The van der Waals surface area contributed by atoms with Crippen LogP contribution in [0.1, 0.15) is 53.4 Å². The number of carbonyl (C=O) groups excluding carboxylic acids is 4. The Hall–Kier alpha value is -1.80. The Morgan fingerprint density at radius 2 is 1.32 bits per heavy atom. The predicted molar refractivity (Wildman–Crippen MR) is 158 cm³/mol. The SMILES string of the molecule is C=O.CC.CCC=O.CCCN(C)CCN(CCC=O)CCC(=O)NCCN.CNCCN.NCCN. The van der Waals surface area contributed by atoms with Gasteiger partial charge in [-0.15, -0.1) is 0 Å². The molecule has 10 N–H and O–H groups in total. The summed E-state index contributed by atoms with van der Waals surface area (Å²) in [6.45, 7) is 18.1. The van der Waals surface area contributed by atoms with Crippen LogP contribution < -0.4 is 33.6 Å². The third-order valence-corrected chi connectivity index (χ3v) is 3.82. The molecule has 226 valence electrons. The van der Waals surface area contributed by atoms with E-state index >= 15 is 0 Å². The van der Waals surface area contributed by atoms with Crippen molar-refractivity contribution in [3.8, 4) is 0 Å². The lowest BCUT2D eigenvalue weighted by Gasteiger charge is -2.24. The first kappa shape index (κ1) is 48.3. The van der Waals surface area contributed by atoms with Gasteiger partial charge in [0, 0.05) is 84.7 Å². The van der Waals surface area contributed by atoms with E-state index in [-0.39, 0.29) is 5.91 Å². The van der Waals surface area contributed by atoms with Gasteiger partial charge in [0.1, 0.15) is 19.4 Å². The topological polar surface area (TPSA) is 203 Å². The number of hydrogen-bond donors (Lipinski definition) is 6. The third kappa shape index (κ3) is 65.9. The minimum Gasteiger partial charge on any atom is -0.355 e. The summed E-state index contributed by atoms with van der Waals surface area (Å²) in [5.41, 5.74) is 20.2. The molecule has 0 rings (SSSR count). The summed E-state index contributed by atoms with van der Waals surface area (Å²) in [4.78, 5) is 43.7. The van der Waals surface area contributed by atoms with E-state index in [1.807, 2.05) is 34.6 Å². The van der Waals surface area contributed by atoms with Gasteiger partial charge in [0.2, 0.25) is 5.91 Å². The lowest BCUT2D eigenvalue weighted by atomic mass is 10.3. The first-order valence-corrected chi connectivity index (χ1v) is 13.2. The van der Waals surface area contributed by atoms with Crippen LogP contribution in [-0.2, 0) is 19.2 Å². The van der Waals surface area contributed by atoms with Gasteiger partial charge in [0.25, 0.3) is 0 Å². The average molecular weight is 539 g/mol. The Labute approximate surface area is 227 Å². The maximum Gasteiger partial charge on any atom is 0.221 e. The van der Waals surface area contributed by atoms with Crippen molar-refractivity contribution in [1.82, 2.24) is 20.4 Å². The Morgan fingerprint density at radius 1 is 0.811 bits per heavy atom. The highest BCUT2D eigenvalue weighted by atomic mass is 16.1. The van der Waals surface area contributed by atoms with Crippen LogP contribution in [0.4, 0.5) is 0 Å². The number of nitrogens with zero attached hydrogens (tertiary/aromatic N) is 2. The zero-order valence-electron chi connectivity index (χ0n) is 24.8. The molecule has 0 heterocycles. The fourth-order valence-corrected chi connectivity index (χ4v) is 2.08. The van der Waals surface area contributed by atoms with E-state index < -0.39 is 0 Å². The molecule has 1 amide bonds. The van der Waals surface area contributed by atoms with E-state index in [0.717, 1.165) is 51.7 Å². The van der Waals surface area contributed by atoms with Gasteiger partial charge in [0.15, 0.2) is 0 Å². The molecule has 0 saturated heterocycles. The van der Waals surface area contributed by atoms with Crippen LogP contribution in [-0.4, -0.2) is 121 Å². The second-order valence-electron chi connectivity index (χ2n) is 7.03. The van der Waals surface area contributed by atoms with Crippen molar-refractivity contribution >= 4 is 25.3 Å². The number of hydrogen-bond acceptors (Lipinski definition) is 11. The number of amides is 1. The smallest absolute Gasteiger partial charge is 0.221 e. The standard InChI is InChI=1S/C14H30N4O2.C3H10N2.C3H6O.C2H8N2.C2H6.CH2O/c1-3-8-17(2)11-12-18(9-4-13-19)10-5-14(20)16-7-6-15;1-5-3-2-4;1-2-3-4;3-1-2-4;2*1-2/h13H,3-12,15H2,1-2H3,(H,16,20);5H,2-4H2,1H3;3H,2H2,1H3;1-4H2;1-2H3;1H2. The molecule has 0 unspecified atom stereocenters. The first-order valence-electron chi connectivity index (χ1n) is 13.2. The molecule has 0 atom stereocenters. The summed E-state index contributed by atoms with van der Waals surface area (Å²) in [6, 6.07) is 0. The summed E-state index contributed by atoms with van der Waals surface area (Å²) in [5.74, 6) is 0.0217. The molecule has 0 spiro atoms. The second kappa shape index (κ2) is 54.9. The number of carbonyl (C=O) groups is 4. The maximum atomic E-state index is 11.5. The quantitative estimate of drug-likeness (QED) is 0.126. The van der Waals surface area contributed by atoms with E-state index in [1.165, 1.54) is 0 Å². The van der Waals surface area contributed by atoms with E-state index in [2.05, 4.69) is 34.4 Å². The van der Waals surface area contributed by atoms with Crippen LogP contribution in [0.15, 0.2) is 0 Å². The summed E-state index contributed by atoms with van der Waals surface area (Å²) in [5, 5.41) is 5.65. The molecule has 0 fully saturated rings. The van der Waals surface area contributed by atoms with Gasteiger partial charge in [-0.2, -0.15) is 0 Å². The van der Waals surface area contributed by atoms with Crippen molar-refractivity contribution in [2.24, 2.45) is 22.9 Å². The van der Waals surface area contributed by atoms with Crippen molar-refractivity contribution in [3.05, 3.63) is 0 Å². The Bertz CT molecular complexity index is 405. The molecule has 0 aliphatic carbocycles.